The van der Waals surface area contributed by atoms with E-state index in [0.717, 1.165) is 0 Å². The summed E-state index contributed by atoms with van der Waals surface area (Å²) in [7, 11) is 0. The summed E-state index contributed by atoms with van der Waals surface area (Å²) in [6, 6.07) is 12.6. The number of non-ortho nitro benzene ring substituents is 1. The molecule has 0 spiro atoms. The van der Waals surface area contributed by atoms with Gasteiger partial charge in [0.15, 0.2) is 0 Å². The zero-order chi connectivity index (χ0) is 15.0. The van der Waals surface area contributed by atoms with Crippen LogP contribution in [0.2, 0.25) is 0 Å². The van der Waals surface area contributed by atoms with E-state index in [9.17, 15) is 19.7 Å². The number of benzene rings is 2. The molecule has 21 heavy (non-hydrogen) atoms. The van der Waals surface area contributed by atoms with Crippen molar-refractivity contribution < 1.29 is 14.5 Å². The normalized spacial score (nSPS) is 15.3. The lowest BCUT2D eigenvalue weighted by atomic mass is 10.0. The Morgan fingerprint density at radius 1 is 0.857 bits per heavy atom. The van der Waals surface area contributed by atoms with Crippen LogP contribution in [0.25, 0.3) is 11.6 Å². The first-order valence-corrected chi connectivity index (χ1v) is 6.22. The molecule has 1 aliphatic rings. The topological polar surface area (TPSA) is 77.3 Å². The van der Waals surface area contributed by atoms with Crippen molar-refractivity contribution in [1.82, 2.24) is 0 Å². The minimum atomic E-state index is -0.547. The summed E-state index contributed by atoms with van der Waals surface area (Å²) in [5, 5.41) is 10.6. The SMILES string of the molecule is O=C1C(=O)c2ccccc2/C1=C/c1ccc([N+](=O)[O-])cc1. The Morgan fingerprint density at radius 3 is 2.10 bits per heavy atom. The Hall–Kier alpha value is -3.08. The average molecular weight is 279 g/mol. The van der Waals surface area contributed by atoms with Gasteiger partial charge in [0.2, 0.25) is 11.6 Å². The highest BCUT2D eigenvalue weighted by Crippen LogP contribution is 2.31. The van der Waals surface area contributed by atoms with Gasteiger partial charge in [-0.25, -0.2) is 0 Å². The lowest BCUT2D eigenvalue weighted by molar-refractivity contribution is -0.384. The number of nitro benzene ring substituents is 1. The quantitative estimate of drug-likeness (QED) is 0.366. The Morgan fingerprint density at radius 2 is 1.48 bits per heavy atom. The zero-order valence-corrected chi connectivity index (χ0v) is 10.8. The predicted octanol–water partition coefficient (Wildman–Crippen LogP) is 2.90. The molecule has 1 aliphatic carbocycles. The van der Waals surface area contributed by atoms with Crippen molar-refractivity contribution in [3.8, 4) is 0 Å². The van der Waals surface area contributed by atoms with Gasteiger partial charge in [-0.05, 0) is 29.3 Å². The molecule has 5 heteroatoms. The van der Waals surface area contributed by atoms with Gasteiger partial charge in [0.1, 0.15) is 0 Å². The molecule has 0 amide bonds. The number of hydrogen-bond acceptors (Lipinski definition) is 4. The number of ketones is 2. The van der Waals surface area contributed by atoms with Crippen LogP contribution in [0.4, 0.5) is 5.69 Å². The van der Waals surface area contributed by atoms with Crippen molar-refractivity contribution in [2.75, 3.05) is 0 Å². The molecule has 0 saturated heterocycles. The van der Waals surface area contributed by atoms with Crippen molar-refractivity contribution in [2.45, 2.75) is 0 Å². The lowest BCUT2D eigenvalue weighted by Crippen LogP contribution is -2.05. The van der Waals surface area contributed by atoms with Crippen LogP contribution in [-0.4, -0.2) is 16.5 Å². The first-order chi connectivity index (χ1) is 10.1. The van der Waals surface area contributed by atoms with Gasteiger partial charge in [0, 0.05) is 23.3 Å². The second-order valence-corrected chi connectivity index (χ2v) is 4.61. The zero-order valence-electron chi connectivity index (χ0n) is 10.8. The van der Waals surface area contributed by atoms with Gasteiger partial charge in [-0.15, -0.1) is 0 Å². The largest absolute Gasteiger partial charge is 0.285 e. The molecule has 0 aliphatic heterocycles. The first-order valence-electron chi connectivity index (χ1n) is 6.22. The number of Topliss-reactive ketones (excluding diaryl/α,β-unsaturated/α-hetero) is 2. The Labute approximate surface area is 119 Å². The van der Waals surface area contributed by atoms with Gasteiger partial charge in [-0.2, -0.15) is 0 Å². The molecule has 2 aromatic rings. The molecule has 3 rings (SSSR count). The van der Waals surface area contributed by atoms with Crippen LogP contribution in [0, 0.1) is 10.1 Å². The van der Waals surface area contributed by atoms with Gasteiger partial charge in [0.25, 0.3) is 5.69 Å². The van der Waals surface area contributed by atoms with Crippen LogP contribution < -0.4 is 0 Å². The highest BCUT2D eigenvalue weighted by Gasteiger charge is 2.32. The molecule has 0 N–H and O–H groups in total. The van der Waals surface area contributed by atoms with E-state index in [4.69, 9.17) is 0 Å². The molecule has 102 valence electrons. The van der Waals surface area contributed by atoms with E-state index in [2.05, 4.69) is 0 Å². The van der Waals surface area contributed by atoms with Gasteiger partial charge in [0.05, 0.1) is 4.92 Å². The molecule has 0 atom stereocenters. The van der Waals surface area contributed by atoms with E-state index >= 15 is 0 Å². The molecular weight excluding hydrogens is 270 g/mol. The van der Waals surface area contributed by atoms with E-state index in [1.807, 2.05) is 0 Å². The third kappa shape index (κ3) is 2.14. The maximum Gasteiger partial charge on any atom is 0.269 e. The molecule has 0 heterocycles. The Balaban J connectivity index is 2.06. The Kier molecular flexibility index (Phi) is 2.95. The maximum atomic E-state index is 12.0. The van der Waals surface area contributed by atoms with Gasteiger partial charge >= 0.3 is 0 Å². The van der Waals surface area contributed by atoms with Crippen molar-refractivity contribution in [1.29, 1.82) is 0 Å². The van der Waals surface area contributed by atoms with Crippen LogP contribution in [0.5, 0.6) is 0 Å². The number of rotatable bonds is 2. The fraction of sp³-hybridized carbons (Fsp3) is 0. The molecule has 0 aromatic heterocycles. The van der Waals surface area contributed by atoms with Gasteiger partial charge in [-0.1, -0.05) is 24.3 Å². The summed E-state index contributed by atoms with van der Waals surface area (Å²) in [6.45, 7) is 0. The summed E-state index contributed by atoms with van der Waals surface area (Å²) in [6.07, 6.45) is 1.58. The lowest BCUT2D eigenvalue weighted by Gasteiger charge is -1.99. The predicted molar refractivity (Wildman–Crippen MR) is 76.7 cm³/mol. The number of hydrogen-bond donors (Lipinski definition) is 0. The molecule has 0 bridgehead atoms. The fourth-order valence-corrected chi connectivity index (χ4v) is 2.29. The third-order valence-corrected chi connectivity index (χ3v) is 3.33. The summed E-state index contributed by atoms with van der Waals surface area (Å²) in [5.74, 6) is -1.06. The molecule has 0 saturated carbocycles. The summed E-state index contributed by atoms with van der Waals surface area (Å²) < 4.78 is 0. The number of nitrogens with zero attached hydrogens (tertiary/aromatic N) is 1. The minimum Gasteiger partial charge on any atom is -0.285 e. The van der Waals surface area contributed by atoms with E-state index in [1.54, 1.807) is 42.5 Å². The molecule has 2 aromatic carbocycles. The number of carbonyl (C=O) groups is 2. The van der Waals surface area contributed by atoms with Crippen molar-refractivity contribution in [3.63, 3.8) is 0 Å². The number of carbonyl (C=O) groups excluding carboxylic acids is 2. The summed E-state index contributed by atoms with van der Waals surface area (Å²) in [5.41, 5.74) is 1.94. The summed E-state index contributed by atoms with van der Waals surface area (Å²) >= 11 is 0. The smallest absolute Gasteiger partial charge is 0.269 e. The van der Waals surface area contributed by atoms with Crippen LogP contribution in [0.15, 0.2) is 48.5 Å². The monoisotopic (exact) mass is 279 g/mol. The van der Waals surface area contributed by atoms with Crippen molar-refractivity contribution in [3.05, 3.63) is 75.3 Å². The van der Waals surface area contributed by atoms with Crippen molar-refractivity contribution in [2.24, 2.45) is 0 Å². The third-order valence-electron chi connectivity index (χ3n) is 3.33. The Bertz CT molecular complexity index is 803. The molecule has 0 radical (unpaired) electrons. The molecule has 5 nitrogen and oxygen atoms in total. The maximum absolute atomic E-state index is 12.0. The summed E-state index contributed by atoms with van der Waals surface area (Å²) in [4.78, 5) is 34.0. The molecule has 0 fully saturated rings. The number of allylic oxidation sites excluding steroid dienone is 1. The minimum absolute atomic E-state index is 0.0219. The number of fused-ring (bicyclic) bond motifs is 1. The second-order valence-electron chi connectivity index (χ2n) is 4.61. The van der Waals surface area contributed by atoms with E-state index in [-0.39, 0.29) is 5.69 Å². The molecule has 0 unspecified atom stereocenters. The van der Waals surface area contributed by atoms with E-state index in [1.165, 1.54) is 12.1 Å². The fourth-order valence-electron chi connectivity index (χ4n) is 2.29. The number of nitro groups is 1. The van der Waals surface area contributed by atoms with Crippen LogP contribution in [0.1, 0.15) is 21.5 Å². The van der Waals surface area contributed by atoms with Gasteiger partial charge in [-0.3, -0.25) is 19.7 Å². The highest BCUT2D eigenvalue weighted by molar-refractivity contribution is 6.64. The van der Waals surface area contributed by atoms with E-state index in [0.29, 0.717) is 22.3 Å². The average Bonchev–Trinajstić information content (AvgIpc) is 2.73. The van der Waals surface area contributed by atoms with Crippen molar-refractivity contribution >= 4 is 28.9 Å². The van der Waals surface area contributed by atoms with E-state index < -0.39 is 16.5 Å². The molecular formula is C16H9NO4. The first kappa shape index (κ1) is 12.9. The van der Waals surface area contributed by atoms with Gasteiger partial charge < -0.3 is 0 Å². The standard InChI is InChI=1S/C16H9NO4/c18-15-13-4-2-1-3-12(13)14(16(15)19)9-10-5-7-11(8-6-10)17(20)21/h1-9H/b14-9-. The highest BCUT2D eigenvalue weighted by atomic mass is 16.6. The second kappa shape index (κ2) is 4.79. The van der Waals surface area contributed by atoms with Crippen LogP contribution >= 0.6 is 0 Å². The van der Waals surface area contributed by atoms with Crippen LogP contribution in [0.3, 0.4) is 0 Å². The van der Waals surface area contributed by atoms with Crippen LogP contribution in [-0.2, 0) is 4.79 Å².